The SMILES string of the molecule is CC(C)(O)c1cn(-c2ccc(-c3ccc(CO)c(S(C)(=O)=O)c3)cc2)c(-c2c(Cl)cccc2Cl)n1. The van der Waals surface area contributed by atoms with Crippen LogP contribution in [-0.4, -0.2) is 34.4 Å². The van der Waals surface area contributed by atoms with Gasteiger partial charge in [0.15, 0.2) is 9.84 Å². The summed E-state index contributed by atoms with van der Waals surface area (Å²) in [6, 6.07) is 17.6. The molecule has 0 aliphatic rings. The lowest BCUT2D eigenvalue weighted by Gasteiger charge is -2.13. The topological polar surface area (TPSA) is 92.4 Å². The van der Waals surface area contributed by atoms with E-state index in [9.17, 15) is 18.6 Å². The lowest BCUT2D eigenvalue weighted by molar-refractivity contribution is 0.0743. The van der Waals surface area contributed by atoms with Crippen LogP contribution in [0.25, 0.3) is 28.2 Å². The van der Waals surface area contributed by atoms with E-state index < -0.39 is 15.4 Å². The van der Waals surface area contributed by atoms with Crippen molar-refractivity contribution in [2.75, 3.05) is 6.26 Å². The van der Waals surface area contributed by atoms with Crippen molar-refractivity contribution in [2.45, 2.75) is 31.0 Å². The van der Waals surface area contributed by atoms with Gasteiger partial charge in [-0.1, -0.05) is 53.5 Å². The number of aromatic nitrogens is 2. The fraction of sp³-hybridized carbons (Fsp3) is 0.192. The van der Waals surface area contributed by atoms with E-state index in [1.165, 1.54) is 0 Å². The summed E-state index contributed by atoms with van der Waals surface area (Å²) in [5.74, 6) is 0.483. The standard InChI is InChI=1S/C26H24Cl2N2O4S/c1-26(2,32)23-14-30(25(29-23)24-20(27)5-4-6-21(24)28)19-11-9-16(10-12-19)17-7-8-18(15-31)22(13-17)35(3,33)34/h4-14,31-32H,15H2,1-3H3. The maximum atomic E-state index is 12.2. The Labute approximate surface area is 214 Å². The number of aliphatic hydroxyl groups is 2. The molecule has 0 radical (unpaired) electrons. The maximum absolute atomic E-state index is 12.2. The lowest BCUT2D eigenvalue weighted by Crippen LogP contribution is -2.15. The van der Waals surface area contributed by atoms with E-state index in [1.54, 1.807) is 61.0 Å². The molecular weight excluding hydrogens is 507 g/mol. The first-order valence-corrected chi connectivity index (χ1v) is 13.4. The molecule has 1 heterocycles. The smallest absolute Gasteiger partial charge is 0.175 e. The molecule has 0 amide bonds. The number of nitrogens with zero attached hydrogens (tertiary/aromatic N) is 2. The van der Waals surface area contributed by atoms with Crippen LogP contribution in [0.5, 0.6) is 0 Å². The highest BCUT2D eigenvalue weighted by Gasteiger charge is 2.25. The van der Waals surface area contributed by atoms with Crippen molar-refractivity contribution in [2.24, 2.45) is 0 Å². The highest BCUT2D eigenvalue weighted by Crippen LogP contribution is 2.37. The predicted octanol–water partition coefficient (Wildman–Crippen LogP) is 5.64. The van der Waals surface area contributed by atoms with E-state index in [0.717, 1.165) is 17.5 Å². The van der Waals surface area contributed by atoms with Crippen molar-refractivity contribution in [3.8, 4) is 28.2 Å². The zero-order chi connectivity index (χ0) is 25.5. The normalized spacial score (nSPS) is 12.2. The average Bonchev–Trinajstić information content (AvgIpc) is 3.24. The zero-order valence-corrected chi connectivity index (χ0v) is 21.7. The van der Waals surface area contributed by atoms with E-state index in [-0.39, 0.29) is 11.5 Å². The molecule has 35 heavy (non-hydrogen) atoms. The van der Waals surface area contributed by atoms with Crippen LogP contribution < -0.4 is 0 Å². The maximum Gasteiger partial charge on any atom is 0.175 e. The number of aliphatic hydroxyl groups excluding tert-OH is 1. The first-order valence-electron chi connectivity index (χ1n) is 10.7. The minimum Gasteiger partial charge on any atom is -0.392 e. The summed E-state index contributed by atoms with van der Waals surface area (Å²) in [6.07, 6.45) is 2.86. The fourth-order valence-electron chi connectivity index (χ4n) is 3.78. The van der Waals surface area contributed by atoms with Gasteiger partial charge in [-0.25, -0.2) is 13.4 Å². The van der Waals surface area contributed by atoms with Crippen LogP contribution in [0.1, 0.15) is 25.1 Å². The Kier molecular flexibility index (Phi) is 6.83. The Bertz CT molecular complexity index is 1490. The molecular formula is C26H24Cl2N2O4S. The monoisotopic (exact) mass is 530 g/mol. The molecule has 1 aromatic heterocycles. The van der Waals surface area contributed by atoms with Gasteiger partial charge in [0.1, 0.15) is 11.4 Å². The van der Waals surface area contributed by atoms with Gasteiger partial charge in [0, 0.05) is 18.1 Å². The van der Waals surface area contributed by atoms with Crippen molar-refractivity contribution in [3.05, 3.63) is 88.2 Å². The van der Waals surface area contributed by atoms with Gasteiger partial charge in [-0.2, -0.15) is 0 Å². The zero-order valence-electron chi connectivity index (χ0n) is 19.3. The average molecular weight is 531 g/mol. The van der Waals surface area contributed by atoms with Gasteiger partial charge in [0.25, 0.3) is 0 Å². The highest BCUT2D eigenvalue weighted by atomic mass is 35.5. The summed E-state index contributed by atoms with van der Waals surface area (Å²) in [6.45, 7) is 2.94. The molecule has 0 aliphatic carbocycles. The first kappa shape index (κ1) is 25.4. The Hall–Kier alpha value is -2.68. The molecule has 0 bridgehead atoms. The minimum absolute atomic E-state index is 0.0988. The molecule has 0 fully saturated rings. The van der Waals surface area contributed by atoms with Gasteiger partial charge < -0.3 is 10.2 Å². The second-order valence-electron chi connectivity index (χ2n) is 8.78. The van der Waals surface area contributed by atoms with Gasteiger partial charge in [-0.15, -0.1) is 0 Å². The second kappa shape index (κ2) is 9.41. The molecule has 0 saturated carbocycles. The quantitative estimate of drug-likeness (QED) is 0.336. The van der Waals surface area contributed by atoms with Crippen LogP contribution in [0.15, 0.2) is 71.8 Å². The largest absolute Gasteiger partial charge is 0.392 e. The first-order chi connectivity index (χ1) is 16.4. The molecule has 9 heteroatoms. The van der Waals surface area contributed by atoms with Gasteiger partial charge in [-0.05, 0) is 60.9 Å². The molecule has 3 aromatic carbocycles. The van der Waals surface area contributed by atoms with Crippen molar-refractivity contribution in [3.63, 3.8) is 0 Å². The van der Waals surface area contributed by atoms with E-state index in [1.807, 2.05) is 24.3 Å². The van der Waals surface area contributed by atoms with Crippen molar-refractivity contribution in [1.29, 1.82) is 0 Å². The van der Waals surface area contributed by atoms with Crippen molar-refractivity contribution in [1.82, 2.24) is 9.55 Å². The van der Waals surface area contributed by atoms with E-state index in [2.05, 4.69) is 4.98 Å². The molecule has 182 valence electrons. The lowest BCUT2D eigenvalue weighted by atomic mass is 10.0. The third-order valence-electron chi connectivity index (χ3n) is 5.63. The summed E-state index contributed by atoms with van der Waals surface area (Å²) in [5, 5.41) is 21.0. The van der Waals surface area contributed by atoms with Crippen LogP contribution in [0, 0.1) is 0 Å². The molecule has 0 aliphatic heterocycles. The number of hydrogen-bond donors (Lipinski definition) is 2. The molecule has 0 atom stereocenters. The predicted molar refractivity (Wildman–Crippen MR) is 139 cm³/mol. The summed E-state index contributed by atoms with van der Waals surface area (Å²) >= 11 is 12.9. The van der Waals surface area contributed by atoms with E-state index in [4.69, 9.17) is 23.2 Å². The molecule has 0 unspecified atom stereocenters. The number of rotatable bonds is 6. The van der Waals surface area contributed by atoms with Crippen LogP contribution in [-0.2, 0) is 22.0 Å². The van der Waals surface area contributed by atoms with Gasteiger partial charge in [0.2, 0.25) is 0 Å². The van der Waals surface area contributed by atoms with Gasteiger partial charge >= 0.3 is 0 Å². The van der Waals surface area contributed by atoms with Crippen molar-refractivity contribution < 1.29 is 18.6 Å². The van der Waals surface area contributed by atoms with Crippen LogP contribution in [0.4, 0.5) is 0 Å². The Balaban J connectivity index is 1.83. The molecule has 4 rings (SSSR count). The highest BCUT2D eigenvalue weighted by molar-refractivity contribution is 7.90. The minimum atomic E-state index is -3.50. The van der Waals surface area contributed by atoms with Gasteiger partial charge in [0.05, 0.1) is 32.8 Å². The number of imidazole rings is 1. The van der Waals surface area contributed by atoms with Crippen LogP contribution in [0.3, 0.4) is 0 Å². The summed E-state index contributed by atoms with van der Waals surface area (Å²) in [4.78, 5) is 4.74. The summed E-state index contributed by atoms with van der Waals surface area (Å²) in [5.41, 5.74) is 2.40. The Morgan fingerprint density at radius 2 is 1.57 bits per heavy atom. The third-order valence-corrected chi connectivity index (χ3v) is 7.44. The number of benzene rings is 3. The fourth-order valence-corrected chi connectivity index (χ4v) is 5.30. The van der Waals surface area contributed by atoms with E-state index >= 15 is 0 Å². The third kappa shape index (κ3) is 5.15. The number of halogens is 2. The summed E-state index contributed by atoms with van der Waals surface area (Å²) < 4.78 is 26.2. The Morgan fingerprint density at radius 3 is 2.11 bits per heavy atom. The van der Waals surface area contributed by atoms with E-state index in [0.29, 0.717) is 38.3 Å². The molecule has 0 spiro atoms. The van der Waals surface area contributed by atoms with Crippen LogP contribution in [0.2, 0.25) is 10.0 Å². The molecule has 4 aromatic rings. The molecule has 0 saturated heterocycles. The second-order valence-corrected chi connectivity index (χ2v) is 11.6. The number of hydrogen-bond acceptors (Lipinski definition) is 5. The van der Waals surface area contributed by atoms with Gasteiger partial charge in [-0.3, -0.25) is 4.57 Å². The Morgan fingerprint density at radius 1 is 0.971 bits per heavy atom. The summed E-state index contributed by atoms with van der Waals surface area (Å²) in [7, 11) is -3.50. The van der Waals surface area contributed by atoms with Crippen molar-refractivity contribution >= 4 is 33.0 Å². The molecule has 2 N–H and O–H groups in total. The molecule has 6 nitrogen and oxygen atoms in total. The van der Waals surface area contributed by atoms with Crippen LogP contribution >= 0.6 is 23.2 Å². The number of sulfone groups is 1.